The van der Waals surface area contributed by atoms with Gasteiger partial charge in [-0.05, 0) is 71.8 Å². The summed E-state index contributed by atoms with van der Waals surface area (Å²) >= 11 is 0. The highest BCUT2D eigenvalue weighted by Crippen LogP contribution is 2.21. The van der Waals surface area contributed by atoms with E-state index in [4.69, 9.17) is 14.2 Å². The Morgan fingerprint density at radius 3 is 2.34 bits per heavy atom. The normalized spacial score (nSPS) is 11.7. The number of methoxy groups -OCH3 is 1. The van der Waals surface area contributed by atoms with Crippen molar-refractivity contribution in [3.05, 3.63) is 102 Å². The SMILES string of the molecule is COc1ccc(C(=O)Oc2cccc(/C=N\NC(=O)[C@H](C)Oc3ccc4ccccc4c3)c2)cc1. The van der Waals surface area contributed by atoms with Crippen LogP contribution in [0.1, 0.15) is 22.8 Å². The van der Waals surface area contributed by atoms with Crippen LogP contribution in [0.3, 0.4) is 0 Å². The Balaban J connectivity index is 1.32. The molecule has 4 aromatic carbocycles. The number of nitrogens with one attached hydrogen (secondary N) is 1. The predicted molar refractivity (Wildman–Crippen MR) is 134 cm³/mol. The first-order valence-electron chi connectivity index (χ1n) is 11.0. The highest BCUT2D eigenvalue weighted by atomic mass is 16.5. The first kappa shape index (κ1) is 23.5. The second-order valence-corrected chi connectivity index (χ2v) is 7.69. The van der Waals surface area contributed by atoms with Crippen LogP contribution in [-0.4, -0.2) is 31.3 Å². The van der Waals surface area contributed by atoms with E-state index in [1.807, 2.05) is 42.5 Å². The zero-order valence-electron chi connectivity index (χ0n) is 19.3. The molecule has 1 N–H and O–H groups in total. The molecule has 0 radical (unpaired) electrons. The molecule has 0 saturated heterocycles. The van der Waals surface area contributed by atoms with E-state index in [1.165, 1.54) is 6.21 Å². The summed E-state index contributed by atoms with van der Waals surface area (Å²) in [4.78, 5) is 24.7. The first-order chi connectivity index (χ1) is 17.0. The maximum Gasteiger partial charge on any atom is 0.343 e. The van der Waals surface area contributed by atoms with Crippen molar-refractivity contribution in [2.75, 3.05) is 7.11 Å². The molecule has 0 spiro atoms. The van der Waals surface area contributed by atoms with Gasteiger partial charge in [0, 0.05) is 0 Å². The van der Waals surface area contributed by atoms with Crippen LogP contribution in [0.25, 0.3) is 10.8 Å². The predicted octanol–water partition coefficient (Wildman–Crippen LogP) is 4.99. The molecule has 0 aliphatic carbocycles. The molecule has 0 aromatic heterocycles. The summed E-state index contributed by atoms with van der Waals surface area (Å²) < 4.78 is 16.3. The number of carbonyl (C=O) groups excluding carboxylic acids is 2. The van der Waals surface area contributed by atoms with Gasteiger partial charge in [0.05, 0.1) is 18.9 Å². The molecule has 7 heteroatoms. The second kappa shape index (κ2) is 11.0. The van der Waals surface area contributed by atoms with Crippen molar-refractivity contribution in [2.45, 2.75) is 13.0 Å². The lowest BCUT2D eigenvalue weighted by atomic mass is 10.1. The van der Waals surface area contributed by atoms with E-state index in [2.05, 4.69) is 10.5 Å². The van der Waals surface area contributed by atoms with Crippen molar-refractivity contribution in [1.82, 2.24) is 5.43 Å². The Morgan fingerprint density at radius 2 is 1.57 bits per heavy atom. The van der Waals surface area contributed by atoms with Crippen LogP contribution in [0, 0.1) is 0 Å². The summed E-state index contributed by atoms with van der Waals surface area (Å²) in [5, 5.41) is 6.12. The first-order valence-corrected chi connectivity index (χ1v) is 11.0. The molecular weight excluding hydrogens is 444 g/mol. The second-order valence-electron chi connectivity index (χ2n) is 7.69. The van der Waals surface area contributed by atoms with Crippen molar-refractivity contribution in [3.8, 4) is 17.2 Å². The maximum absolute atomic E-state index is 12.4. The van der Waals surface area contributed by atoms with Crippen LogP contribution in [0.15, 0.2) is 96.1 Å². The van der Waals surface area contributed by atoms with Crippen LogP contribution >= 0.6 is 0 Å². The molecule has 0 saturated carbocycles. The number of esters is 1. The third-order valence-corrected chi connectivity index (χ3v) is 5.19. The zero-order valence-corrected chi connectivity index (χ0v) is 19.3. The standard InChI is InChI=1S/C28H24N2O5/c1-19(34-26-15-10-21-7-3-4-8-23(21)17-26)27(31)30-29-18-20-6-5-9-25(16-20)35-28(32)22-11-13-24(33-2)14-12-22/h3-19H,1-2H3,(H,30,31)/b29-18-/t19-/m0/s1. The third kappa shape index (κ3) is 6.23. The quantitative estimate of drug-likeness (QED) is 0.171. The Morgan fingerprint density at radius 1 is 0.829 bits per heavy atom. The molecule has 4 rings (SSSR count). The fraction of sp³-hybridized carbons (Fsp3) is 0.107. The van der Waals surface area contributed by atoms with Gasteiger partial charge in [-0.2, -0.15) is 5.10 Å². The van der Waals surface area contributed by atoms with E-state index >= 15 is 0 Å². The van der Waals surface area contributed by atoms with E-state index in [-0.39, 0.29) is 0 Å². The maximum atomic E-state index is 12.4. The summed E-state index contributed by atoms with van der Waals surface area (Å²) in [5.41, 5.74) is 3.52. The fourth-order valence-corrected chi connectivity index (χ4v) is 3.31. The molecule has 176 valence electrons. The van der Waals surface area contributed by atoms with E-state index < -0.39 is 18.0 Å². The fourth-order valence-electron chi connectivity index (χ4n) is 3.31. The van der Waals surface area contributed by atoms with Gasteiger partial charge in [0.25, 0.3) is 5.91 Å². The number of nitrogens with zero attached hydrogens (tertiary/aromatic N) is 1. The van der Waals surface area contributed by atoms with E-state index in [9.17, 15) is 9.59 Å². The Kier molecular flexibility index (Phi) is 7.37. The van der Waals surface area contributed by atoms with E-state index in [0.717, 1.165) is 10.8 Å². The number of benzene rings is 4. The molecule has 4 aromatic rings. The van der Waals surface area contributed by atoms with Crippen LogP contribution in [0.5, 0.6) is 17.2 Å². The third-order valence-electron chi connectivity index (χ3n) is 5.19. The summed E-state index contributed by atoms with van der Waals surface area (Å²) in [6.45, 7) is 1.65. The topological polar surface area (TPSA) is 86.2 Å². The number of fused-ring (bicyclic) bond motifs is 1. The van der Waals surface area contributed by atoms with Crippen molar-refractivity contribution in [3.63, 3.8) is 0 Å². The summed E-state index contributed by atoms with van der Waals surface area (Å²) in [7, 11) is 1.56. The number of hydrogen-bond donors (Lipinski definition) is 1. The molecule has 0 bridgehead atoms. The number of ether oxygens (including phenoxy) is 3. The van der Waals surface area contributed by atoms with Crippen molar-refractivity contribution in [1.29, 1.82) is 0 Å². The van der Waals surface area contributed by atoms with Crippen molar-refractivity contribution in [2.24, 2.45) is 5.10 Å². The van der Waals surface area contributed by atoms with E-state index in [0.29, 0.717) is 28.4 Å². The number of hydrogen-bond acceptors (Lipinski definition) is 6. The highest BCUT2D eigenvalue weighted by Gasteiger charge is 2.14. The van der Waals surface area contributed by atoms with Crippen molar-refractivity contribution < 1.29 is 23.8 Å². The van der Waals surface area contributed by atoms with E-state index in [1.54, 1.807) is 62.6 Å². The minimum atomic E-state index is -0.745. The monoisotopic (exact) mass is 468 g/mol. The van der Waals surface area contributed by atoms with Crippen LogP contribution < -0.4 is 19.6 Å². The average Bonchev–Trinajstić information content (AvgIpc) is 2.88. The Bertz CT molecular complexity index is 1370. The molecule has 7 nitrogen and oxygen atoms in total. The van der Waals surface area contributed by atoms with Gasteiger partial charge in [-0.3, -0.25) is 4.79 Å². The van der Waals surface area contributed by atoms with Gasteiger partial charge in [-0.1, -0.05) is 42.5 Å². The number of carbonyl (C=O) groups is 2. The molecular formula is C28H24N2O5. The zero-order chi connectivity index (χ0) is 24.6. The summed E-state index contributed by atoms with van der Waals surface area (Å²) in [6.07, 6.45) is 0.718. The minimum Gasteiger partial charge on any atom is -0.497 e. The van der Waals surface area contributed by atoms with Crippen molar-refractivity contribution >= 4 is 28.9 Å². The Hall–Kier alpha value is -4.65. The number of rotatable bonds is 8. The lowest BCUT2D eigenvalue weighted by molar-refractivity contribution is -0.127. The van der Waals surface area contributed by atoms with Crippen LogP contribution in [0.4, 0.5) is 0 Å². The van der Waals surface area contributed by atoms with Gasteiger partial charge in [-0.15, -0.1) is 0 Å². The number of hydrazone groups is 1. The van der Waals surface area contributed by atoms with Gasteiger partial charge < -0.3 is 14.2 Å². The van der Waals surface area contributed by atoms with Gasteiger partial charge in [0.2, 0.25) is 0 Å². The molecule has 1 amide bonds. The van der Waals surface area contributed by atoms with Gasteiger partial charge in [0.15, 0.2) is 6.10 Å². The summed E-state index contributed by atoms with van der Waals surface area (Å²) in [5.74, 6) is 0.723. The van der Waals surface area contributed by atoms with Gasteiger partial charge in [-0.25, -0.2) is 10.2 Å². The highest BCUT2D eigenvalue weighted by molar-refractivity contribution is 5.91. The molecule has 0 heterocycles. The minimum absolute atomic E-state index is 0.356. The lowest BCUT2D eigenvalue weighted by Crippen LogP contribution is -2.33. The molecule has 0 unspecified atom stereocenters. The molecule has 35 heavy (non-hydrogen) atoms. The largest absolute Gasteiger partial charge is 0.497 e. The number of amides is 1. The summed E-state index contributed by atoms with van der Waals surface area (Å²) in [6, 6.07) is 27.0. The lowest BCUT2D eigenvalue weighted by Gasteiger charge is -2.13. The molecule has 0 fully saturated rings. The van der Waals surface area contributed by atoms with Crippen LogP contribution in [-0.2, 0) is 4.79 Å². The molecule has 0 aliphatic heterocycles. The smallest absolute Gasteiger partial charge is 0.343 e. The van der Waals surface area contributed by atoms with Gasteiger partial charge in [0.1, 0.15) is 17.2 Å². The van der Waals surface area contributed by atoms with Crippen LogP contribution in [0.2, 0.25) is 0 Å². The van der Waals surface area contributed by atoms with Gasteiger partial charge >= 0.3 is 5.97 Å². The Labute approximate surface area is 202 Å². The molecule has 1 atom stereocenters. The average molecular weight is 469 g/mol. The molecule has 0 aliphatic rings.